The third-order valence-electron chi connectivity index (χ3n) is 10.0. The summed E-state index contributed by atoms with van der Waals surface area (Å²) in [5.74, 6) is -2.10. The minimum absolute atomic E-state index is 0.0142. The highest BCUT2D eigenvalue weighted by Gasteiger charge is 2.82. The Hall–Kier alpha value is -2.41. The molecule has 1 aliphatic heterocycles. The van der Waals surface area contributed by atoms with E-state index in [0.29, 0.717) is 6.42 Å². The van der Waals surface area contributed by atoms with Crippen molar-refractivity contribution in [1.29, 1.82) is 0 Å². The molecule has 5 rings (SSSR count). The lowest BCUT2D eigenvalue weighted by Gasteiger charge is -2.55. The van der Waals surface area contributed by atoms with Crippen LogP contribution in [-0.4, -0.2) is 46.9 Å². The molecule has 4 aliphatic carbocycles. The van der Waals surface area contributed by atoms with E-state index in [1.165, 1.54) is 7.11 Å². The Morgan fingerprint density at radius 2 is 1.91 bits per heavy atom. The summed E-state index contributed by atoms with van der Waals surface area (Å²) >= 11 is 0. The molecule has 178 valence electrons. The highest BCUT2D eigenvalue weighted by Crippen LogP contribution is 2.78. The van der Waals surface area contributed by atoms with Gasteiger partial charge in [-0.2, -0.15) is 0 Å². The number of carbonyl (C=O) groups is 3. The smallest absolute Gasteiger partial charge is 0.313 e. The summed E-state index contributed by atoms with van der Waals surface area (Å²) in [5, 5.41) is 19.0. The molecule has 0 aromatic carbocycles. The minimum Gasteiger partial charge on any atom is -0.481 e. The second-order valence-electron chi connectivity index (χ2n) is 11.1. The highest BCUT2D eigenvalue weighted by molar-refractivity contribution is 5.85. The Kier molecular flexibility index (Phi) is 4.62. The second-order valence-corrected chi connectivity index (χ2v) is 11.1. The van der Waals surface area contributed by atoms with Crippen LogP contribution in [0.3, 0.4) is 0 Å². The lowest BCUT2D eigenvalue weighted by atomic mass is 9.46. The maximum atomic E-state index is 13.2. The summed E-state index contributed by atoms with van der Waals surface area (Å²) in [6, 6.07) is 0. The van der Waals surface area contributed by atoms with Crippen molar-refractivity contribution in [3.8, 4) is 0 Å². The van der Waals surface area contributed by atoms with Crippen molar-refractivity contribution in [2.75, 3.05) is 7.11 Å². The van der Waals surface area contributed by atoms with E-state index in [-0.39, 0.29) is 42.1 Å². The molecule has 8 atom stereocenters. The van der Waals surface area contributed by atoms with Crippen LogP contribution in [-0.2, 0) is 23.9 Å². The Labute approximate surface area is 193 Å². The van der Waals surface area contributed by atoms with Gasteiger partial charge in [0.25, 0.3) is 0 Å². The molecule has 1 spiro atoms. The number of methoxy groups -OCH3 is 1. The summed E-state index contributed by atoms with van der Waals surface area (Å²) in [5.41, 5.74) is -0.538. The normalized spacial score (nSPS) is 46.7. The molecule has 0 aromatic heterocycles. The second kappa shape index (κ2) is 6.81. The number of hydrogen-bond acceptors (Lipinski definition) is 5. The summed E-state index contributed by atoms with van der Waals surface area (Å²) in [4.78, 5) is 36.4. The first-order chi connectivity index (χ1) is 15.5. The van der Waals surface area contributed by atoms with Crippen LogP contribution in [0.5, 0.6) is 0 Å². The third kappa shape index (κ3) is 2.57. The summed E-state index contributed by atoms with van der Waals surface area (Å²) in [6.07, 6.45) is 10.0. The molecular weight excluding hydrogens is 424 g/mol. The summed E-state index contributed by atoms with van der Waals surface area (Å²) in [7, 11) is 1.35. The van der Waals surface area contributed by atoms with Crippen molar-refractivity contribution in [3.63, 3.8) is 0 Å². The molecule has 33 heavy (non-hydrogen) atoms. The number of hydrogen-bond donors (Lipinski definition) is 2. The number of allylic oxidation sites excluding steroid dienone is 3. The van der Waals surface area contributed by atoms with E-state index in [1.54, 1.807) is 0 Å². The van der Waals surface area contributed by atoms with Gasteiger partial charge in [0.1, 0.15) is 5.60 Å². The fourth-order valence-electron chi connectivity index (χ4n) is 8.50. The third-order valence-corrected chi connectivity index (χ3v) is 10.0. The van der Waals surface area contributed by atoms with Crippen LogP contribution < -0.4 is 0 Å². The number of carbonyl (C=O) groups excluding carboxylic acids is 1. The Morgan fingerprint density at radius 1 is 1.18 bits per heavy atom. The fourth-order valence-corrected chi connectivity index (χ4v) is 8.50. The van der Waals surface area contributed by atoms with Crippen LogP contribution in [0.15, 0.2) is 35.5 Å². The number of esters is 1. The minimum atomic E-state index is -1.09. The molecule has 7 heteroatoms. The van der Waals surface area contributed by atoms with E-state index < -0.39 is 34.3 Å². The van der Waals surface area contributed by atoms with Gasteiger partial charge in [-0.25, -0.2) is 0 Å². The first-order valence-corrected chi connectivity index (χ1v) is 11.8. The van der Waals surface area contributed by atoms with Crippen molar-refractivity contribution in [2.24, 2.45) is 34.0 Å². The number of carboxylic acids is 2. The lowest BCUT2D eigenvalue weighted by Crippen LogP contribution is -2.59. The quantitative estimate of drug-likeness (QED) is 0.478. The Morgan fingerprint density at radius 3 is 2.55 bits per heavy atom. The predicted octanol–water partition coefficient (Wildman–Crippen LogP) is 3.75. The number of fused-ring (bicyclic) bond motifs is 3. The van der Waals surface area contributed by atoms with Crippen molar-refractivity contribution in [3.05, 3.63) is 35.5 Å². The zero-order chi connectivity index (χ0) is 24.0. The van der Waals surface area contributed by atoms with Gasteiger partial charge in [-0.1, -0.05) is 38.2 Å². The van der Waals surface area contributed by atoms with Crippen LogP contribution in [0.2, 0.25) is 0 Å². The molecule has 5 aliphatic rings. The van der Waals surface area contributed by atoms with Gasteiger partial charge in [-0.05, 0) is 60.5 Å². The molecule has 0 radical (unpaired) electrons. The number of carboxylic acid groups (broad SMARTS) is 2. The molecular formula is C26H32O7. The van der Waals surface area contributed by atoms with Gasteiger partial charge in [0.05, 0.1) is 31.5 Å². The average molecular weight is 457 g/mol. The van der Waals surface area contributed by atoms with Crippen molar-refractivity contribution >= 4 is 17.9 Å². The first kappa shape index (κ1) is 22.4. The topological polar surface area (TPSA) is 113 Å². The SMILES string of the molecule is COC(=O)[C@@]1(CC(=O)O)[C@H](C)C[C@H]2[C@@H]3CC=C4C=C(CC(=O)O)C=C[C@]4(C)[C@@]34O[C@H]4C[C@@]21C. The number of epoxide rings is 1. The van der Waals surface area contributed by atoms with Gasteiger partial charge in [-0.3, -0.25) is 14.4 Å². The zero-order valence-corrected chi connectivity index (χ0v) is 19.6. The monoisotopic (exact) mass is 456 g/mol. The zero-order valence-electron chi connectivity index (χ0n) is 19.6. The van der Waals surface area contributed by atoms with E-state index in [4.69, 9.17) is 9.47 Å². The first-order valence-electron chi connectivity index (χ1n) is 11.8. The predicted molar refractivity (Wildman–Crippen MR) is 118 cm³/mol. The van der Waals surface area contributed by atoms with Gasteiger partial charge in [-0.15, -0.1) is 0 Å². The maximum absolute atomic E-state index is 13.2. The van der Waals surface area contributed by atoms with Gasteiger partial charge in [0, 0.05) is 5.41 Å². The largest absolute Gasteiger partial charge is 0.481 e. The van der Waals surface area contributed by atoms with Crippen LogP contribution in [0.1, 0.15) is 52.9 Å². The average Bonchev–Trinajstić information content (AvgIpc) is 3.41. The van der Waals surface area contributed by atoms with Crippen LogP contribution >= 0.6 is 0 Å². The van der Waals surface area contributed by atoms with Gasteiger partial charge in [0.2, 0.25) is 0 Å². The lowest BCUT2D eigenvalue weighted by molar-refractivity contribution is -0.174. The molecule has 0 aromatic rings. The number of aliphatic carboxylic acids is 2. The molecule has 0 bridgehead atoms. The van der Waals surface area contributed by atoms with Crippen molar-refractivity contribution in [1.82, 2.24) is 0 Å². The molecule has 2 saturated carbocycles. The van der Waals surface area contributed by atoms with E-state index >= 15 is 0 Å². The van der Waals surface area contributed by atoms with E-state index in [9.17, 15) is 24.6 Å². The molecule has 7 nitrogen and oxygen atoms in total. The van der Waals surface area contributed by atoms with E-state index in [0.717, 1.165) is 24.0 Å². The molecule has 0 amide bonds. The standard InChI is InChI=1S/C26H32O7/c1-14-9-18-17-6-5-16-10-15(11-20(27)28)7-8-23(16,2)26(17)19(33-26)12-24(18,3)25(14,13-21(29)30)22(31)32-4/h5,7-8,10,14,17-19H,6,9,11-13H2,1-4H3,(H,27,28)(H,29,30)/t14-,17+,18+,19+,23+,24+,25-,26-/m1/s1. The molecule has 3 fully saturated rings. The van der Waals surface area contributed by atoms with E-state index in [2.05, 4.69) is 26.0 Å². The molecule has 2 N–H and O–H groups in total. The van der Waals surface area contributed by atoms with Crippen molar-refractivity contribution in [2.45, 2.75) is 64.6 Å². The number of ether oxygens (including phenoxy) is 2. The molecule has 0 unspecified atom stereocenters. The Balaban J connectivity index is 1.58. The summed E-state index contributed by atoms with van der Waals surface area (Å²) in [6.45, 7) is 6.24. The highest BCUT2D eigenvalue weighted by atomic mass is 16.6. The fraction of sp³-hybridized carbons (Fsp3) is 0.654. The van der Waals surface area contributed by atoms with E-state index in [1.807, 2.05) is 19.1 Å². The van der Waals surface area contributed by atoms with Gasteiger partial charge in [0.15, 0.2) is 0 Å². The van der Waals surface area contributed by atoms with Crippen LogP contribution in [0, 0.1) is 34.0 Å². The summed E-state index contributed by atoms with van der Waals surface area (Å²) < 4.78 is 11.8. The van der Waals surface area contributed by atoms with Crippen LogP contribution in [0.4, 0.5) is 0 Å². The van der Waals surface area contributed by atoms with Gasteiger partial charge >= 0.3 is 17.9 Å². The maximum Gasteiger partial charge on any atom is 0.313 e. The molecule has 1 saturated heterocycles. The van der Waals surface area contributed by atoms with Crippen molar-refractivity contribution < 1.29 is 34.1 Å². The van der Waals surface area contributed by atoms with Crippen LogP contribution in [0.25, 0.3) is 0 Å². The van der Waals surface area contributed by atoms with Gasteiger partial charge < -0.3 is 19.7 Å². The Bertz CT molecular complexity index is 1040. The number of rotatable bonds is 5. The molecule has 1 heterocycles.